The Hall–Kier alpha value is -1.34. The third-order valence-electron chi connectivity index (χ3n) is 2.46. The summed E-state index contributed by atoms with van der Waals surface area (Å²) in [5, 5.41) is 30.6. The molecule has 6 nitrogen and oxygen atoms in total. The number of rotatable bonds is 7. The fourth-order valence-corrected chi connectivity index (χ4v) is 1.50. The molecule has 0 amide bonds. The highest BCUT2D eigenvalue weighted by Gasteiger charge is 2.14. The number of phenolic OH excluding ortho intramolecular Hbond substituents is 1. The van der Waals surface area contributed by atoms with Crippen LogP contribution in [0.3, 0.4) is 0 Å². The van der Waals surface area contributed by atoms with Crippen LogP contribution in [0.1, 0.15) is 11.9 Å². The van der Waals surface area contributed by atoms with Gasteiger partial charge in [-0.2, -0.15) is 0 Å². The van der Waals surface area contributed by atoms with Crippen LogP contribution in [0.2, 0.25) is 0 Å². The standard InChI is InChI=1S/C12H19NO5/c1-17-12(18-2)10-5-8(3-4-11(10)16)13-6-9(15)7-14/h3-5,9,12-16H,6-7H2,1-2H3. The number of aliphatic hydroxyl groups is 2. The van der Waals surface area contributed by atoms with Gasteiger partial charge in [0.05, 0.1) is 18.3 Å². The van der Waals surface area contributed by atoms with Gasteiger partial charge in [-0.05, 0) is 18.2 Å². The van der Waals surface area contributed by atoms with Gasteiger partial charge in [0.25, 0.3) is 0 Å². The number of aromatic hydroxyl groups is 1. The molecule has 1 aromatic carbocycles. The van der Waals surface area contributed by atoms with E-state index in [1.807, 2.05) is 0 Å². The van der Waals surface area contributed by atoms with E-state index in [1.165, 1.54) is 20.3 Å². The molecule has 0 fully saturated rings. The number of ether oxygens (including phenoxy) is 2. The average Bonchev–Trinajstić information content (AvgIpc) is 2.40. The Morgan fingerprint density at radius 3 is 2.50 bits per heavy atom. The zero-order valence-corrected chi connectivity index (χ0v) is 10.5. The molecule has 0 heterocycles. The summed E-state index contributed by atoms with van der Waals surface area (Å²) in [6.07, 6.45) is -1.49. The van der Waals surface area contributed by atoms with Crippen LogP contribution in [-0.2, 0) is 9.47 Å². The first kappa shape index (κ1) is 14.7. The van der Waals surface area contributed by atoms with Crippen LogP contribution in [0.15, 0.2) is 18.2 Å². The lowest BCUT2D eigenvalue weighted by Crippen LogP contribution is -2.23. The number of phenols is 1. The molecule has 6 heteroatoms. The fraction of sp³-hybridized carbons (Fsp3) is 0.500. The molecule has 18 heavy (non-hydrogen) atoms. The second-order valence-electron chi connectivity index (χ2n) is 3.79. The molecule has 0 saturated carbocycles. The first-order chi connectivity index (χ1) is 8.62. The summed E-state index contributed by atoms with van der Waals surface area (Å²) < 4.78 is 10.1. The van der Waals surface area contributed by atoms with Gasteiger partial charge in [-0.25, -0.2) is 0 Å². The van der Waals surface area contributed by atoms with Crippen LogP contribution >= 0.6 is 0 Å². The molecule has 0 aromatic heterocycles. The number of anilines is 1. The van der Waals surface area contributed by atoms with Crippen LogP contribution in [0.4, 0.5) is 5.69 Å². The van der Waals surface area contributed by atoms with E-state index in [2.05, 4.69) is 5.32 Å². The van der Waals surface area contributed by atoms with Crippen molar-refractivity contribution in [2.45, 2.75) is 12.4 Å². The van der Waals surface area contributed by atoms with E-state index in [0.717, 1.165) is 0 Å². The predicted molar refractivity (Wildman–Crippen MR) is 66.4 cm³/mol. The molecule has 0 spiro atoms. The van der Waals surface area contributed by atoms with E-state index < -0.39 is 12.4 Å². The van der Waals surface area contributed by atoms with Gasteiger partial charge in [0.15, 0.2) is 6.29 Å². The maximum Gasteiger partial charge on any atom is 0.186 e. The molecule has 0 radical (unpaired) electrons. The summed E-state index contributed by atoms with van der Waals surface area (Å²) in [5.41, 5.74) is 1.18. The fourth-order valence-electron chi connectivity index (χ4n) is 1.50. The lowest BCUT2D eigenvalue weighted by atomic mass is 10.1. The van der Waals surface area contributed by atoms with Gasteiger partial charge in [0.2, 0.25) is 0 Å². The minimum atomic E-state index is -0.831. The van der Waals surface area contributed by atoms with Crippen molar-refractivity contribution in [3.8, 4) is 5.75 Å². The van der Waals surface area contributed by atoms with Gasteiger partial charge < -0.3 is 30.1 Å². The normalized spacial score (nSPS) is 12.7. The van der Waals surface area contributed by atoms with E-state index >= 15 is 0 Å². The summed E-state index contributed by atoms with van der Waals surface area (Å²) in [7, 11) is 2.95. The molecule has 1 rings (SSSR count). The quantitative estimate of drug-likeness (QED) is 0.419. The molecular formula is C12H19NO5. The lowest BCUT2D eigenvalue weighted by molar-refractivity contribution is -0.106. The second-order valence-corrected chi connectivity index (χ2v) is 3.79. The van der Waals surface area contributed by atoms with Crippen molar-refractivity contribution < 1.29 is 24.8 Å². The summed E-state index contributed by atoms with van der Waals surface area (Å²) in [4.78, 5) is 0. The molecule has 0 aliphatic heterocycles. The zero-order chi connectivity index (χ0) is 13.5. The van der Waals surface area contributed by atoms with Crippen molar-refractivity contribution in [1.29, 1.82) is 0 Å². The molecule has 1 unspecified atom stereocenters. The van der Waals surface area contributed by atoms with E-state index in [9.17, 15) is 10.2 Å². The minimum Gasteiger partial charge on any atom is -0.507 e. The van der Waals surface area contributed by atoms with Gasteiger partial charge in [-0.1, -0.05) is 0 Å². The number of hydrogen-bond donors (Lipinski definition) is 4. The Kier molecular flexibility index (Phi) is 5.87. The first-order valence-electron chi connectivity index (χ1n) is 5.53. The lowest BCUT2D eigenvalue weighted by Gasteiger charge is -2.17. The van der Waals surface area contributed by atoms with Gasteiger partial charge in [-0.3, -0.25) is 0 Å². The van der Waals surface area contributed by atoms with Crippen LogP contribution < -0.4 is 5.32 Å². The van der Waals surface area contributed by atoms with Gasteiger partial charge >= 0.3 is 0 Å². The summed E-state index contributed by atoms with van der Waals surface area (Å²) in [5.74, 6) is 0.0666. The monoisotopic (exact) mass is 257 g/mol. The summed E-state index contributed by atoms with van der Waals surface area (Å²) in [6.45, 7) is -0.0952. The summed E-state index contributed by atoms with van der Waals surface area (Å²) in [6, 6.07) is 4.83. The Labute approximate surface area is 106 Å². The molecule has 0 saturated heterocycles. The van der Waals surface area contributed by atoms with E-state index in [0.29, 0.717) is 11.3 Å². The Morgan fingerprint density at radius 2 is 1.94 bits per heavy atom. The van der Waals surface area contributed by atoms with Gasteiger partial charge in [-0.15, -0.1) is 0 Å². The van der Waals surface area contributed by atoms with Crippen LogP contribution in [-0.4, -0.2) is 48.8 Å². The van der Waals surface area contributed by atoms with Crippen LogP contribution in [0, 0.1) is 0 Å². The third-order valence-corrected chi connectivity index (χ3v) is 2.46. The SMILES string of the molecule is COC(OC)c1cc(NCC(O)CO)ccc1O. The highest BCUT2D eigenvalue weighted by molar-refractivity contribution is 5.51. The molecule has 0 aliphatic carbocycles. The van der Waals surface area contributed by atoms with Crippen molar-refractivity contribution in [3.63, 3.8) is 0 Å². The van der Waals surface area contributed by atoms with Crippen molar-refractivity contribution in [2.75, 3.05) is 32.7 Å². The number of nitrogens with one attached hydrogen (secondary N) is 1. The zero-order valence-electron chi connectivity index (χ0n) is 10.5. The topological polar surface area (TPSA) is 91.2 Å². The van der Waals surface area contributed by atoms with Gasteiger partial charge in [0.1, 0.15) is 5.75 Å². The molecule has 102 valence electrons. The maximum atomic E-state index is 9.71. The first-order valence-corrected chi connectivity index (χ1v) is 5.53. The molecule has 0 aliphatic rings. The van der Waals surface area contributed by atoms with E-state index in [1.54, 1.807) is 12.1 Å². The van der Waals surface area contributed by atoms with Crippen molar-refractivity contribution in [3.05, 3.63) is 23.8 Å². The third kappa shape index (κ3) is 3.85. The van der Waals surface area contributed by atoms with Crippen molar-refractivity contribution in [1.82, 2.24) is 0 Å². The highest BCUT2D eigenvalue weighted by atomic mass is 16.7. The predicted octanol–water partition coefficient (Wildman–Crippen LogP) is 0.449. The van der Waals surface area contributed by atoms with Gasteiger partial charge in [0, 0.05) is 26.5 Å². The number of methoxy groups -OCH3 is 2. The maximum absolute atomic E-state index is 9.71. The minimum absolute atomic E-state index is 0.0666. The Morgan fingerprint density at radius 1 is 1.28 bits per heavy atom. The Balaban J connectivity index is 2.80. The largest absolute Gasteiger partial charge is 0.507 e. The average molecular weight is 257 g/mol. The highest BCUT2D eigenvalue weighted by Crippen LogP contribution is 2.29. The number of hydrogen-bond acceptors (Lipinski definition) is 6. The smallest absolute Gasteiger partial charge is 0.186 e. The van der Waals surface area contributed by atoms with Crippen LogP contribution in [0.5, 0.6) is 5.75 Å². The van der Waals surface area contributed by atoms with Crippen LogP contribution in [0.25, 0.3) is 0 Å². The van der Waals surface area contributed by atoms with Crippen molar-refractivity contribution >= 4 is 5.69 Å². The molecule has 1 aromatic rings. The number of aliphatic hydroxyl groups excluding tert-OH is 2. The molecular weight excluding hydrogens is 238 g/mol. The summed E-state index contributed by atoms with van der Waals surface area (Å²) >= 11 is 0. The van der Waals surface area contributed by atoms with E-state index in [4.69, 9.17) is 14.6 Å². The Bertz CT molecular complexity index is 367. The number of benzene rings is 1. The van der Waals surface area contributed by atoms with Crippen molar-refractivity contribution in [2.24, 2.45) is 0 Å². The second kappa shape index (κ2) is 7.17. The molecule has 1 atom stereocenters. The molecule has 4 N–H and O–H groups in total. The van der Waals surface area contributed by atoms with E-state index in [-0.39, 0.29) is 18.9 Å². The molecule has 0 bridgehead atoms.